The summed E-state index contributed by atoms with van der Waals surface area (Å²) in [7, 11) is 0. The van der Waals surface area contributed by atoms with E-state index in [4.69, 9.17) is 10.5 Å². The summed E-state index contributed by atoms with van der Waals surface area (Å²) in [5.41, 5.74) is 5.78. The van der Waals surface area contributed by atoms with Crippen molar-refractivity contribution in [1.82, 2.24) is 9.38 Å². The molecule has 0 fully saturated rings. The normalized spacial score (nSPS) is 9.87. The van der Waals surface area contributed by atoms with Crippen molar-refractivity contribution >= 4 is 39.6 Å². The van der Waals surface area contributed by atoms with E-state index >= 15 is 0 Å². The van der Waals surface area contributed by atoms with Gasteiger partial charge >= 0.3 is 0 Å². The van der Waals surface area contributed by atoms with Gasteiger partial charge in [-0.15, -0.1) is 0 Å². The summed E-state index contributed by atoms with van der Waals surface area (Å²) in [4.78, 5) is 4.58. The number of hydrogen-bond donors (Lipinski definition) is 1. The molecule has 0 aliphatic carbocycles. The summed E-state index contributed by atoms with van der Waals surface area (Å²) >= 11 is 2.26. The Morgan fingerprint density at radius 3 is 2.78 bits per heavy atom. The van der Waals surface area contributed by atoms with Crippen LogP contribution in [0.25, 0.3) is 16.9 Å². The smallest absolute Gasteiger partial charge is 0.237 e. The number of aromatic nitrogens is 2. The molecule has 2 aromatic heterocycles. The van der Waals surface area contributed by atoms with Crippen molar-refractivity contribution in [3.05, 3.63) is 52.4 Å². The van der Waals surface area contributed by atoms with Crippen molar-refractivity contribution in [1.29, 1.82) is 10.5 Å². The van der Waals surface area contributed by atoms with Gasteiger partial charge in [-0.25, -0.2) is 4.98 Å². The van der Waals surface area contributed by atoms with E-state index in [1.807, 2.05) is 47.1 Å². The van der Waals surface area contributed by atoms with Gasteiger partial charge < -0.3 is 4.40 Å². The van der Waals surface area contributed by atoms with E-state index in [2.05, 4.69) is 38.1 Å². The van der Waals surface area contributed by atoms with E-state index in [9.17, 15) is 0 Å². The largest absolute Gasteiger partial charge is 0.305 e. The predicted molar refractivity (Wildman–Crippen MR) is 95.6 cm³/mol. The minimum atomic E-state index is -0.224. The zero-order valence-electron chi connectivity index (χ0n) is 11.7. The van der Waals surface area contributed by atoms with E-state index < -0.39 is 0 Å². The van der Waals surface area contributed by atoms with Crippen LogP contribution in [0.15, 0.2) is 53.9 Å². The van der Waals surface area contributed by atoms with Crippen LogP contribution in [0.1, 0.15) is 0 Å². The topological polar surface area (TPSA) is 89.3 Å². The molecule has 0 aliphatic rings. The van der Waals surface area contributed by atoms with Crippen LogP contribution in [0, 0.1) is 26.2 Å². The molecule has 23 heavy (non-hydrogen) atoms. The van der Waals surface area contributed by atoms with Crippen LogP contribution in [0.3, 0.4) is 0 Å². The number of imidazole rings is 1. The first-order valence-corrected chi connectivity index (χ1v) is 7.66. The molecule has 0 spiro atoms. The molecular formula is C16H9IN6. The fraction of sp³-hybridized carbons (Fsp3) is 0. The monoisotopic (exact) mass is 412 g/mol. The third-order valence-electron chi connectivity index (χ3n) is 3.08. The Bertz CT molecular complexity index is 974. The highest BCUT2D eigenvalue weighted by molar-refractivity contribution is 14.1. The van der Waals surface area contributed by atoms with Gasteiger partial charge in [-0.2, -0.15) is 15.6 Å². The third kappa shape index (κ3) is 3.30. The maximum Gasteiger partial charge on any atom is 0.237 e. The molecule has 1 N–H and O–H groups in total. The van der Waals surface area contributed by atoms with E-state index in [0.29, 0.717) is 5.69 Å². The van der Waals surface area contributed by atoms with Gasteiger partial charge in [-0.1, -0.05) is 12.1 Å². The molecule has 0 radical (unpaired) electrons. The molecule has 2 heterocycles. The zero-order valence-corrected chi connectivity index (χ0v) is 13.9. The van der Waals surface area contributed by atoms with E-state index in [1.165, 1.54) is 0 Å². The molecule has 3 aromatic rings. The molecule has 7 heteroatoms. The number of nitriles is 2. The Morgan fingerprint density at radius 1 is 1.17 bits per heavy atom. The van der Waals surface area contributed by atoms with Crippen LogP contribution in [0.2, 0.25) is 0 Å². The number of halogens is 1. The van der Waals surface area contributed by atoms with Gasteiger partial charge in [0.15, 0.2) is 0 Å². The highest BCUT2D eigenvalue weighted by Crippen LogP contribution is 2.23. The molecule has 0 saturated heterocycles. The molecule has 0 atom stereocenters. The maximum absolute atomic E-state index is 8.68. The van der Waals surface area contributed by atoms with Crippen molar-refractivity contribution in [3.63, 3.8) is 0 Å². The Labute approximate surface area is 145 Å². The van der Waals surface area contributed by atoms with Gasteiger partial charge in [0, 0.05) is 21.5 Å². The van der Waals surface area contributed by atoms with Crippen molar-refractivity contribution < 1.29 is 0 Å². The molecule has 0 unspecified atom stereocenters. The number of pyridine rings is 1. The molecule has 0 aliphatic heterocycles. The molecule has 1 aromatic carbocycles. The molecule has 0 bridgehead atoms. The second-order valence-corrected chi connectivity index (χ2v) is 5.86. The summed E-state index contributed by atoms with van der Waals surface area (Å²) in [5, 5.41) is 21.1. The van der Waals surface area contributed by atoms with Gasteiger partial charge in [-0.05, 0) is 46.9 Å². The molecule has 3 rings (SSSR count). The van der Waals surface area contributed by atoms with Crippen LogP contribution in [0.5, 0.6) is 0 Å². The quantitative estimate of drug-likeness (QED) is 0.406. The van der Waals surface area contributed by atoms with Crippen molar-refractivity contribution in [3.8, 4) is 23.4 Å². The second-order valence-electron chi connectivity index (χ2n) is 4.62. The average Bonchev–Trinajstić information content (AvgIpc) is 2.99. The number of fused-ring (bicyclic) bond motifs is 1. The minimum Gasteiger partial charge on any atom is -0.305 e. The molecule has 0 saturated carbocycles. The lowest BCUT2D eigenvalue weighted by Crippen LogP contribution is -1.96. The molecule has 110 valence electrons. The number of nitrogens with zero attached hydrogens (tertiary/aromatic N) is 5. The van der Waals surface area contributed by atoms with Gasteiger partial charge in [-0.3, -0.25) is 5.43 Å². The Balaban J connectivity index is 1.94. The van der Waals surface area contributed by atoms with E-state index in [1.54, 1.807) is 18.2 Å². The lowest BCUT2D eigenvalue weighted by molar-refractivity contribution is 1.17. The Morgan fingerprint density at radius 2 is 2.00 bits per heavy atom. The Hall–Kier alpha value is -2.91. The summed E-state index contributed by atoms with van der Waals surface area (Å²) < 4.78 is 3.10. The van der Waals surface area contributed by atoms with E-state index in [-0.39, 0.29) is 5.71 Å². The lowest BCUT2D eigenvalue weighted by Gasteiger charge is -2.02. The Kier molecular flexibility index (Phi) is 4.22. The van der Waals surface area contributed by atoms with Gasteiger partial charge in [0.25, 0.3) is 0 Å². The average molecular weight is 412 g/mol. The first kappa shape index (κ1) is 15.0. The predicted octanol–water partition coefficient (Wildman–Crippen LogP) is 3.42. The van der Waals surface area contributed by atoms with Crippen LogP contribution in [-0.2, 0) is 0 Å². The lowest BCUT2D eigenvalue weighted by atomic mass is 10.1. The first-order chi connectivity index (χ1) is 11.2. The number of benzene rings is 1. The van der Waals surface area contributed by atoms with Crippen molar-refractivity contribution in [2.24, 2.45) is 5.10 Å². The molecule has 0 amide bonds. The zero-order chi connectivity index (χ0) is 16.2. The fourth-order valence-corrected chi connectivity index (χ4v) is 2.53. The van der Waals surface area contributed by atoms with E-state index in [0.717, 1.165) is 20.5 Å². The number of hydrazone groups is 1. The molecular weight excluding hydrogens is 403 g/mol. The SMILES string of the molecule is N#CC(C#N)=NNc1cccc(-c2cn3cc(I)ccc3n2)c1. The molecule has 6 nitrogen and oxygen atoms in total. The number of rotatable bonds is 3. The van der Waals surface area contributed by atoms with Crippen LogP contribution in [-0.4, -0.2) is 15.1 Å². The van der Waals surface area contributed by atoms with Gasteiger partial charge in [0.05, 0.1) is 11.4 Å². The highest BCUT2D eigenvalue weighted by atomic mass is 127. The van der Waals surface area contributed by atoms with Crippen molar-refractivity contribution in [2.75, 3.05) is 5.43 Å². The summed E-state index contributed by atoms with van der Waals surface area (Å²) in [5.74, 6) is 0. The minimum absolute atomic E-state index is 0.224. The third-order valence-corrected chi connectivity index (χ3v) is 3.72. The summed E-state index contributed by atoms with van der Waals surface area (Å²) in [6, 6.07) is 14.8. The number of hydrogen-bond acceptors (Lipinski definition) is 5. The van der Waals surface area contributed by atoms with Crippen LogP contribution >= 0.6 is 22.6 Å². The fourth-order valence-electron chi connectivity index (χ4n) is 2.05. The van der Waals surface area contributed by atoms with Gasteiger partial charge in [0.1, 0.15) is 17.8 Å². The van der Waals surface area contributed by atoms with Crippen LogP contribution in [0.4, 0.5) is 5.69 Å². The second kappa shape index (κ2) is 6.46. The summed E-state index contributed by atoms with van der Waals surface area (Å²) in [6.07, 6.45) is 3.96. The number of nitrogens with one attached hydrogen (secondary N) is 1. The highest BCUT2D eigenvalue weighted by Gasteiger charge is 2.05. The number of anilines is 1. The van der Waals surface area contributed by atoms with Gasteiger partial charge in [0.2, 0.25) is 5.71 Å². The summed E-state index contributed by atoms with van der Waals surface area (Å²) in [6.45, 7) is 0. The standard InChI is InChI=1S/C16H9IN6/c17-12-4-5-16-20-15(10-23(16)9-12)11-2-1-3-13(6-11)21-22-14(7-18)8-19/h1-6,9-10,21H. The van der Waals surface area contributed by atoms with Crippen molar-refractivity contribution in [2.45, 2.75) is 0 Å². The van der Waals surface area contributed by atoms with Crippen LogP contribution < -0.4 is 5.43 Å². The first-order valence-electron chi connectivity index (χ1n) is 6.58. The maximum atomic E-state index is 8.68.